The van der Waals surface area contributed by atoms with E-state index in [1.54, 1.807) is 30.3 Å². The van der Waals surface area contributed by atoms with Crippen LogP contribution in [0.3, 0.4) is 0 Å². The summed E-state index contributed by atoms with van der Waals surface area (Å²) < 4.78 is 28.8. The molecule has 1 unspecified atom stereocenters. The molecule has 0 saturated carbocycles. The van der Waals surface area contributed by atoms with Gasteiger partial charge in [-0.05, 0) is 68.2 Å². The van der Waals surface area contributed by atoms with Gasteiger partial charge in [0.05, 0.1) is 21.0 Å². The second-order valence-electron chi connectivity index (χ2n) is 7.45. The third-order valence-electron chi connectivity index (χ3n) is 4.65. The molecule has 0 heterocycles. The summed E-state index contributed by atoms with van der Waals surface area (Å²) in [6, 6.07) is 19.3. The minimum absolute atomic E-state index is 0.0533. The zero-order valence-electron chi connectivity index (χ0n) is 17.5. The smallest absolute Gasteiger partial charge is 0.255 e. The molecule has 6 nitrogen and oxygen atoms in total. The standard InChI is InChI=1S/C23H23Cl2N3O3S/c1-28(2)15-22(17-10-13-20(24)21(25)14-17)27-32(30,31)19-11-8-16(9-12-19)23(29)26-18-6-4-3-5-7-18/h3-14,22,27H,15H2,1-2H3,(H,26,29). The molecule has 3 aromatic carbocycles. The summed E-state index contributed by atoms with van der Waals surface area (Å²) in [4.78, 5) is 14.3. The highest BCUT2D eigenvalue weighted by atomic mass is 35.5. The third kappa shape index (κ3) is 6.31. The Kier molecular flexibility index (Phi) is 7.92. The summed E-state index contributed by atoms with van der Waals surface area (Å²) in [6.45, 7) is 0.411. The van der Waals surface area contributed by atoms with Crippen LogP contribution in [-0.2, 0) is 10.0 Å². The first-order valence-electron chi connectivity index (χ1n) is 9.74. The van der Waals surface area contributed by atoms with Crippen LogP contribution in [0.25, 0.3) is 0 Å². The van der Waals surface area contributed by atoms with Gasteiger partial charge in [-0.2, -0.15) is 0 Å². The van der Waals surface area contributed by atoms with Crippen molar-refractivity contribution in [3.8, 4) is 0 Å². The van der Waals surface area contributed by atoms with Gasteiger partial charge in [-0.15, -0.1) is 0 Å². The van der Waals surface area contributed by atoms with E-state index in [9.17, 15) is 13.2 Å². The van der Waals surface area contributed by atoms with E-state index < -0.39 is 16.1 Å². The van der Waals surface area contributed by atoms with Gasteiger partial charge in [0.1, 0.15) is 0 Å². The largest absolute Gasteiger partial charge is 0.322 e. The fourth-order valence-corrected chi connectivity index (χ4v) is 4.59. The molecule has 0 bridgehead atoms. The molecule has 0 aliphatic heterocycles. The first kappa shape index (κ1) is 24.2. The van der Waals surface area contributed by atoms with Crippen molar-refractivity contribution in [3.63, 3.8) is 0 Å². The highest BCUT2D eigenvalue weighted by Gasteiger charge is 2.23. The molecule has 0 spiro atoms. The maximum absolute atomic E-state index is 13.0. The van der Waals surface area contributed by atoms with E-state index in [0.717, 1.165) is 0 Å². The number of carbonyl (C=O) groups excluding carboxylic acids is 1. The van der Waals surface area contributed by atoms with Crippen molar-refractivity contribution in [2.75, 3.05) is 26.0 Å². The average Bonchev–Trinajstić information content (AvgIpc) is 2.75. The van der Waals surface area contributed by atoms with Gasteiger partial charge in [0.15, 0.2) is 0 Å². The number of anilines is 1. The molecule has 0 fully saturated rings. The molecule has 2 N–H and O–H groups in total. The van der Waals surface area contributed by atoms with Crippen molar-refractivity contribution in [2.45, 2.75) is 10.9 Å². The Balaban J connectivity index is 1.79. The van der Waals surface area contributed by atoms with E-state index in [0.29, 0.717) is 33.4 Å². The van der Waals surface area contributed by atoms with Crippen molar-refractivity contribution in [3.05, 3.63) is 94.0 Å². The van der Waals surface area contributed by atoms with Gasteiger partial charge in [0.2, 0.25) is 10.0 Å². The molecule has 9 heteroatoms. The predicted octanol–water partition coefficient (Wildman–Crippen LogP) is 4.83. The summed E-state index contributed by atoms with van der Waals surface area (Å²) >= 11 is 12.1. The zero-order chi connectivity index (χ0) is 23.3. The Morgan fingerprint density at radius 1 is 0.938 bits per heavy atom. The zero-order valence-corrected chi connectivity index (χ0v) is 19.9. The van der Waals surface area contributed by atoms with Crippen molar-refractivity contribution in [1.82, 2.24) is 9.62 Å². The van der Waals surface area contributed by atoms with Crippen LogP contribution in [-0.4, -0.2) is 39.9 Å². The molecule has 0 radical (unpaired) electrons. The van der Waals surface area contributed by atoms with Crippen LogP contribution in [0.5, 0.6) is 0 Å². The fourth-order valence-electron chi connectivity index (χ4n) is 3.07. The molecular weight excluding hydrogens is 469 g/mol. The van der Waals surface area contributed by atoms with Gasteiger partial charge in [-0.1, -0.05) is 47.5 Å². The molecule has 1 amide bonds. The Morgan fingerprint density at radius 2 is 1.59 bits per heavy atom. The second kappa shape index (κ2) is 10.5. The number of nitrogens with zero attached hydrogens (tertiary/aromatic N) is 1. The number of rotatable bonds is 8. The topological polar surface area (TPSA) is 78.5 Å². The number of carbonyl (C=O) groups is 1. The van der Waals surface area contributed by atoms with Crippen LogP contribution in [0.1, 0.15) is 22.0 Å². The van der Waals surface area contributed by atoms with Crippen LogP contribution < -0.4 is 10.0 Å². The highest BCUT2D eigenvalue weighted by Crippen LogP contribution is 2.27. The molecule has 0 aliphatic carbocycles. The van der Waals surface area contributed by atoms with Gasteiger partial charge < -0.3 is 10.2 Å². The molecular formula is C23H23Cl2N3O3S. The van der Waals surface area contributed by atoms with Crippen molar-refractivity contribution in [1.29, 1.82) is 0 Å². The van der Waals surface area contributed by atoms with Gasteiger partial charge in [0, 0.05) is 17.8 Å². The molecule has 32 heavy (non-hydrogen) atoms. The van der Waals surface area contributed by atoms with E-state index in [1.807, 2.05) is 37.2 Å². The van der Waals surface area contributed by atoms with Crippen molar-refractivity contribution in [2.24, 2.45) is 0 Å². The minimum atomic E-state index is -3.86. The third-order valence-corrected chi connectivity index (χ3v) is 6.88. The van der Waals surface area contributed by atoms with E-state index in [2.05, 4.69) is 10.0 Å². The summed E-state index contributed by atoms with van der Waals surface area (Å²) in [6.07, 6.45) is 0. The van der Waals surface area contributed by atoms with E-state index in [4.69, 9.17) is 23.2 Å². The number of hydrogen-bond acceptors (Lipinski definition) is 4. The van der Waals surface area contributed by atoms with Gasteiger partial charge >= 0.3 is 0 Å². The predicted molar refractivity (Wildman–Crippen MR) is 129 cm³/mol. The second-order valence-corrected chi connectivity index (χ2v) is 9.98. The SMILES string of the molecule is CN(C)CC(NS(=O)(=O)c1ccc(C(=O)Nc2ccccc2)cc1)c1ccc(Cl)c(Cl)c1. The molecule has 0 aliphatic rings. The lowest BCUT2D eigenvalue weighted by Gasteiger charge is -2.23. The van der Waals surface area contributed by atoms with Crippen LogP contribution in [0.2, 0.25) is 10.0 Å². The van der Waals surface area contributed by atoms with E-state index >= 15 is 0 Å². The number of nitrogens with one attached hydrogen (secondary N) is 2. The molecule has 0 aromatic heterocycles. The lowest BCUT2D eigenvalue weighted by Crippen LogP contribution is -2.35. The molecule has 168 valence electrons. The van der Waals surface area contributed by atoms with Crippen LogP contribution in [0.4, 0.5) is 5.69 Å². The number of para-hydroxylation sites is 1. The van der Waals surface area contributed by atoms with E-state index in [-0.39, 0.29) is 10.8 Å². The monoisotopic (exact) mass is 491 g/mol. The maximum Gasteiger partial charge on any atom is 0.255 e. The summed E-state index contributed by atoms with van der Waals surface area (Å²) in [5.41, 5.74) is 1.70. The number of benzene rings is 3. The Bertz CT molecular complexity index is 1180. The van der Waals surface area contributed by atoms with Crippen molar-refractivity contribution >= 4 is 44.8 Å². The first-order chi connectivity index (χ1) is 15.2. The van der Waals surface area contributed by atoms with Gasteiger partial charge in [-0.3, -0.25) is 4.79 Å². The highest BCUT2D eigenvalue weighted by molar-refractivity contribution is 7.89. The Hall–Kier alpha value is -2.42. The number of amides is 1. The van der Waals surface area contributed by atoms with Crippen LogP contribution in [0.15, 0.2) is 77.7 Å². The number of sulfonamides is 1. The van der Waals surface area contributed by atoms with Crippen LogP contribution in [0, 0.1) is 0 Å². The number of halogens is 2. The van der Waals surface area contributed by atoms with Crippen molar-refractivity contribution < 1.29 is 13.2 Å². The molecule has 3 aromatic rings. The van der Waals surface area contributed by atoms with Gasteiger partial charge in [-0.25, -0.2) is 13.1 Å². The van der Waals surface area contributed by atoms with Crippen LogP contribution >= 0.6 is 23.2 Å². The number of likely N-dealkylation sites (N-methyl/N-ethyl adjacent to an activating group) is 1. The normalized spacial score (nSPS) is 12.5. The number of hydrogen-bond donors (Lipinski definition) is 2. The molecule has 0 saturated heterocycles. The summed E-state index contributed by atoms with van der Waals surface area (Å²) in [7, 11) is -0.170. The maximum atomic E-state index is 13.0. The fraction of sp³-hybridized carbons (Fsp3) is 0.174. The lowest BCUT2D eigenvalue weighted by molar-refractivity contribution is 0.102. The molecule has 1 atom stereocenters. The van der Waals surface area contributed by atoms with E-state index in [1.165, 1.54) is 24.3 Å². The summed E-state index contributed by atoms with van der Waals surface area (Å²) in [5.74, 6) is -0.325. The minimum Gasteiger partial charge on any atom is -0.322 e. The first-order valence-corrected chi connectivity index (χ1v) is 12.0. The quantitative estimate of drug-likeness (QED) is 0.473. The summed E-state index contributed by atoms with van der Waals surface area (Å²) in [5, 5.41) is 3.51. The molecule has 3 rings (SSSR count). The Morgan fingerprint density at radius 3 is 2.19 bits per heavy atom. The average molecular weight is 492 g/mol. The Labute approximate surface area is 198 Å². The lowest BCUT2D eigenvalue weighted by atomic mass is 10.1. The van der Waals surface area contributed by atoms with Gasteiger partial charge in [0.25, 0.3) is 5.91 Å².